The Hall–Kier alpha value is -0.940. The van der Waals surface area contributed by atoms with Crippen molar-refractivity contribution in [3.63, 3.8) is 0 Å². The van der Waals surface area contributed by atoms with Gasteiger partial charge in [0.1, 0.15) is 0 Å². The largest absolute Gasteiger partial charge is 0.329 e. The van der Waals surface area contributed by atoms with E-state index in [4.69, 9.17) is 5.73 Å². The molecule has 1 aromatic rings. The first-order valence-electron chi connectivity index (χ1n) is 5.38. The van der Waals surface area contributed by atoms with E-state index in [9.17, 15) is 4.79 Å². The van der Waals surface area contributed by atoms with Gasteiger partial charge < -0.3 is 11.1 Å². The summed E-state index contributed by atoms with van der Waals surface area (Å²) in [4.78, 5) is 17.4. The molecule has 0 aliphatic rings. The molecular formula is C11H19N3OS. The minimum atomic E-state index is -0.506. The number of hydrogen-bond acceptors (Lipinski definition) is 4. The molecule has 0 saturated heterocycles. The molecule has 1 heterocycles. The Morgan fingerprint density at radius 1 is 1.56 bits per heavy atom. The molecule has 0 aromatic carbocycles. The number of rotatable bonds is 4. The van der Waals surface area contributed by atoms with Crippen molar-refractivity contribution in [2.75, 3.05) is 11.9 Å². The van der Waals surface area contributed by atoms with Crippen LogP contribution in [0.1, 0.15) is 30.8 Å². The van der Waals surface area contributed by atoms with Crippen molar-refractivity contribution < 1.29 is 4.79 Å². The van der Waals surface area contributed by atoms with Gasteiger partial charge in [0.25, 0.3) is 0 Å². The molecule has 1 unspecified atom stereocenters. The van der Waals surface area contributed by atoms with Crippen molar-refractivity contribution in [2.24, 2.45) is 11.1 Å². The Labute approximate surface area is 100 Å². The summed E-state index contributed by atoms with van der Waals surface area (Å²) in [7, 11) is 0. The molecule has 5 heteroatoms. The van der Waals surface area contributed by atoms with Crippen LogP contribution >= 0.6 is 11.3 Å². The van der Waals surface area contributed by atoms with Crippen LogP contribution in [-0.2, 0) is 4.79 Å². The molecule has 1 atom stereocenters. The van der Waals surface area contributed by atoms with Crippen LogP contribution in [0.4, 0.5) is 5.13 Å². The highest BCUT2D eigenvalue weighted by molar-refractivity contribution is 7.15. The monoisotopic (exact) mass is 241 g/mol. The van der Waals surface area contributed by atoms with E-state index in [-0.39, 0.29) is 5.91 Å². The summed E-state index contributed by atoms with van der Waals surface area (Å²) < 4.78 is 0. The molecule has 4 nitrogen and oxygen atoms in total. The number of hydrogen-bond donors (Lipinski definition) is 2. The highest BCUT2D eigenvalue weighted by Crippen LogP contribution is 2.25. The van der Waals surface area contributed by atoms with E-state index in [1.54, 1.807) is 0 Å². The van der Waals surface area contributed by atoms with Gasteiger partial charge in [0.2, 0.25) is 5.91 Å². The van der Waals surface area contributed by atoms with E-state index in [1.165, 1.54) is 11.3 Å². The van der Waals surface area contributed by atoms with Crippen LogP contribution in [0.2, 0.25) is 0 Å². The molecule has 0 spiro atoms. The van der Waals surface area contributed by atoms with Crippen LogP contribution < -0.4 is 11.1 Å². The average molecular weight is 241 g/mol. The van der Waals surface area contributed by atoms with Crippen molar-refractivity contribution in [2.45, 2.75) is 34.1 Å². The van der Waals surface area contributed by atoms with E-state index in [0.29, 0.717) is 11.7 Å². The minimum Gasteiger partial charge on any atom is -0.329 e. The van der Waals surface area contributed by atoms with Crippen LogP contribution in [0, 0.1) is 19.3 Å². The topological polar surface area (TPSA) is 68.0 Å². The Morgan fingerprint density at radius 2 is 2.19 bits per heavy atom. The third kappa shape index (κ3) is 2.59. The maximum atomic E-state index is 12.0. The first kappa shape index (κ1) is 13.1. The number of aryl methyl sites for hydroxylation is 2. The number of anilines is 1. The van der Waals surface area contributed by atoms with E-state index in [2.05, 4.69) is 10.3 Å². The van der Waals surface area contributed by atoms with Crippen LogP contribution in [0.15, 0.2) is 0 Å². The van der Waals surface area contributed by atoms with Crippen molar-refractivity contribution in [3.8, 4) is 0 Å². The first-order chi connectivity index (χ1) is 7.42. The third-order valence-electron chi connectivity index (χ3n) is 3.03. The molecule has 0 aliphatic carbocycles. The van der Waals surface area contributed by atoms with Gasteiger partial charge >= 0.3 is 0 Å². The second-order valence-corrected chi connectivity index (χ2v) is 5.44. The number of carbonyl (C=O) groups excluding carboxylic acids is 1. The lowest BCUT2D eigenvalue weighted by molar-refractivity contribution is -0.124. The molecule has 0 fully saturated rings. The van der Waals surface area contributed by atoms with Gasteiger partial charge in [-0.15, -0.1) is 11.3 Å². The molecule has 0 saturated carbocycles. The predicted octanol–water partition coefficient (Wildman–Crippen LogP) is 2.07. The summed E-state index contributed by atoms with van der Waals surface area (Å²) in [5.74, 6) is -0.0498. The van der Waals surface area contributed by atoms with Gasteiger partial charge in [0.05, 0.1) is 11.1 Å². The van der Waals surface area contributed by atoms with Crippen molar-refractivity contribution >= 4 is 22.4 Å². The maximum Gasteiger partial charge on any atom is 0.233 e. The molecule has 16 heavy (non-hydrogen) atoms. The molecule has 1 amide bonds. The fourth-order valence-corrected chi connectivity index (χ4v) is 1.98. The number of nitrogens with zero attached hydrogens (tertiary/aromatic N) is 1. The lowest BCUT2D eigenvalue weighted by Crippen LogP contribution is -2.39. The van der Waals surface area contributed by atoms with Gasteiger partial charge in [-0.2, -0.15) is 0 Å². The maximum absolute atomic E-state index is 12.0. The minimum absolute atomic E-state index is 0.0498. The number of carbonyl (C=O) groups is 1. The Kier molecular flexibility index (Phi) is 4.04. The van der Waals surface area contributed by atoms with E-state index < -0.39 is 5.41 Å². The van der Waals surface area contributed by atoms with E-state index >= 15 is 0 Å². The highest BCUT2D eigenvalue weighted by atomic mass is 32.1. The third-order valence-corrected chi connectivity index (χ3v) is 4.02. The quantitative estimate of drug-likeness (QED) is 0.848. The van der Waals surface area contributed by atoms with Gasteiger partial charge in [-0.1, -0.05) is 6.92 Å². The lowest BCUT2D eigenvalue weighted by atomic mass is 9.87. The molecule has 0 radical (unpaired) electrons. The standard InChI is InChI=1S/C11H19N3OS/c1-5-11(4,6-12)9(15)14-10-13-7(2)8(3)16-10/h5-6,12H2,1-4H3,(H,13,14,15). The zero-order chi connectivity index (χ0) is 12.3. The van der Waals surface area contributed by atoms with Gasteiger partial charge in [0.15, 0.2) is 5.13 Å². The first-order valence-corrected chi connectivity index (χ1v) is 6.20. The van der Waals surface area contributed by atoms with Gasteiger partial charge in [0, 0.05) is 11.4 Å². The normalized spacial score (nSPS) is 14.6. The van der Waals surface area contributed by atoms with Crippen LogP contribution in [0.25, 0.3) is 0 Å². The summed E-state index contributed by atoms with van der Waals surface area (Å²) in [5, 5.41) is 3.49. The van der Waals surface area contributed by atoms with Crippen molar-refractivity contribution in [1.82, 2.24) is 4.98 Å². The Bertz CT molecular complexity index is 363. The summed E-state index contributed by atoms with van der Waals surface area (Å²) in [6, 6.07) is 0. The van der Waals surface area contributed by atoms with Crippen molar-refractivity contribution in [3.05, 3.63) is 10.6 Å². The zero-order valence-electron chi connectivity index (χ0n) is 10.3. The molecule has 1 rings (SSSR count). The summed E-state index contributed by atoms with van der Waals surface area (Å²) in [6.07, 6.45) is 0.721. The number of nitrogens with one attached hydrogen (secondary N) is 1. The fourth-order valence-electron chi connectivity index (χ4n) is 1.17. The van der Waals surface area contributed by atoms with Crippen LogP contribution in [0.5, 0.6) is 0 Å². The number of thiazole rings is 1. The zero-order valence-corrected chi connectivity index (χ0v) is 11.1. The predicted molar refractivity (Wildman–Crippen MR) is 67.7 cm³/mol. The Balaban J connectivity index is 2.78. The Morgan fingerprint density at radius 3 is 2.56 bits per heavy atom. The van der Waals surface area contributed by atoms with Gasteiger partial charge in [-0.05, 0) is 27.2 Å². The SMILES string of the molecule is CCC(C)(CN)C(=O)Nc1nc(C)c(C)s1. The molecule has 1 aromatic heterocycles. The molecule has 0 aliphatic heterocycles. The highest BCUT2D eigenvalue weighted by Gasteiger charge is 2.30. The molecule has 0 bridgehead atoms. The summed E-state index contributed by atoms with van der Waals surface area (Å²) in [5.41, 5.74) is 6.09. The molecule has 3 N–H and O–H groups in total. The van der Waals surface area contributed by atoms with E-state index in [0.717, 1.165) is 17.0 Å². The van der Waals surface area contributed by atoms with Crippen molar-refractivity contribution in [1.29, 1.82) is 0 Å². The second kappa shape index (κ2) is 4.93. The number of aromatic nitrogens is 1. The number of amides is 1. The molecule has 90 valence electrons. The lowest BCUT2D eigenvalue weighted by Gasteiger charge is -2.24. The van der Waals surface area contributed by atoms with Gasteiger partial charge in [-0.25, -0.2) is 4.98 Å². The number of nitrogens with two attached hydrogens (primary N) is 1. The average Bonchev–Trinajstić information content (AvgIpc) is 2.56. The van der Waals surface area contributed by atoms with Crippen LogP contribution in [-0.4, -0.2) is 17.4 Å². The van der Waals surface area contributed by atoms with E-state index in [1.807, 2.05) is 27.7 Å². The van der Waals surface area contributed by atoms with Gasteiger partial charge in [-0.3, -0.25) is 4.79 Å². The second-order valence-electron chi connectivity index (χ2n) is 4.23. The summed E-state index contributed by atoms with van der Waals surface area (Å²) >= 11 is 1.50. The summed E-state index contributed by atoms with van der Waals surface area (Å²) in [6.45, 7) is 8.10. The molecular weight excluding hydrogens is 222 g/mol. The van der Waals surface area contributed by atoms with Crippen LogP contribution in [0.3, 0.4) is 0 Å². The fraction of sp³-hybridized carbons (Fsp3) is 0.636. The smallest absolute Gasteiger partial charge is 0.233 e.